The molecule has 0 bridgehead atoms. The van der Waals surface area contributed by atoms with Crippen molar-refractivity contribution in [2.75, 3.05) is 0 Å². The van der Waals surface area contributed by atoms with Crippen LogP contribution in [0.3, 0.4) is 0 Å². The quantitative estimate of drug-likeness (QED) is 0.393. The molecule has 0 unspecified atom stereocenters. The summed E-state index contributed by atoms with van der Waals surface area (Å²) in [6.45, 7) is 0. The Balaban J connectivity index is 1.80. The summed E-state index contributed by atoms with van der Waals surface area (Å²) in [6.07, 6.45) is 0. The monoisotopic (exact) mass is 381 g/mol. The summed E-state index contributed by atoms with van der Waals surface area (Å²) in [5, 5.41) is 3.94. The van der Waals surface area contributed by atoms with Gasteiger partial charge in [-0.1, -0.05) is 41.6 Å². The number of hydrogen-bond acceptors (Lipinski definition) is 5. The van der Waals surface area contributed by atoms with Gasteiger partial charge < -0.3 is 4.84 Å². The Kier molecular flexibility index (Phi) is 4.08. The van der Waals surface area contributed by atoms with Crippen LogP contribution >= 0.6 is 0 Å². The van der Waals surface area contributed by atoms with Gasteiger partial charge in [0.15, 0.2) is 0 Å². The zero-order valence-electron chi connectivity index (χ0n) is 13.8. The molecule has 4 rings (SSSR count). The minimum Gasteiger partial charge on any atom is -0.312 e. The van der Waals surface area contributed by atoms with Gasteiger partial charge in [-0.15, -0.1) is 0 Å². The molecule has 0 N–H and O–H groups in total. The lowest BCUT2D eigenvalue weighted by atomic mass is 10.0. The lowest BCUT2D eigenvalue weighted by Crippen LogP contribution is -2.21. The van der Waals surface area contributed by atoms with E-state index in [1.807, 2.05) is 0 Å². The first-order chi connectivity index (χ1) is 13.0. The summed E-state index contributed by atoms with van der Waals surface area (Å²) in [5.41, 5.74) is 1.07. The second-order valence-corrected chi connectivity index (χ2v) is 7.71. The maximum atomic E-state index is 13.0. The molecule has 0 spiro atoms. The number of oxime groups is 1. The van der Waals surface area contributed by atoms with E-state index in [1.165, 1.54) is 24.3 Å². The number of fused-ring (bicyclic) bond motifs is 2. The van der Waals surface area contributed by atoms with Crippen LogP contribution in [0.15, 0.2) is 87.7 Å². The highest BCUT2D eigenvalue weighted by Crippen LogP contribution is 2.34. The average Bonchev–Trinajstić information content (AvgIpc) is 2.68. The molecule has 1 heterocycles. The van der Waals surface area contributed by atoms with Gasteiger partial charge in [-0.3, -0.25) is 0 Å². The Labute approximate surface area is 154 Å². The van der Waals surface area contributed by atoms with Crippen LogP contribution < -0.4 is 0 Å². The van der Waals surface area contributed by atoms with Crippen molar-refractivity contribution in [1.82, 2.24) is 0 Å². The van der Waals surface area contributed by atoms with Crippen LogP contribution in [-0.4, -0.2) is 20.1 Å². The van der Waals surface area contributed by atoms with Crippen molar-refractivity contribution < 1.29 is 22.4 Å². The third-order valence-electron chi connectivity index (χ3n) is 4.16. The van der Waals surface area contributed by atoms with E-state index in [0.717, 1.165) is 12.1 Å². The van der Waals surface area contributed by atoms with Gasteiger partial charge in [-0.05, 0) is 36.4 Å². The Morgan fingerprint density at radius 3 is 1.89 bits per heavy atom. The van der Waals surface area contributed by atoms with Gasteiger partial charge in [0.2, 0.25) is 9.84 Å². The van der Waals surface area contributed by atoms with E-state index in [0.29, 0.717) is 11.1 Å². The number of hydrogen-bond donors (Lipinski definition) is 0. The van der Waals surface area contributed by atoms with Crippen LogP contribution in [0.2, 0.25) is 0 Å². The second kappa shape index (κ2) is 6.44. The number of carbonyl (C=O) groups excluding carboxylic acids is 1. The summed E-state index contributed by atoms with van der Waals surface area (Å²) < 4.78 is 38.7. The van der Waals surface area contributed by atoms with Gasteiger partial charge in [-0.2, -0.15) is 0 Å². The van der Waals surface area contributed by atoms with E-state index in [4.69, 9.17) is 4.84 Å². The highest BCUT2D eigenvalue weighted by molar-refractivity contribution is 7.91. The second-order valence-electron chi connectivity index (χ2n) is 5.82. The van der Waals surface area contributed by atoms with E-state index >= 15 is 0 Å². The lowest BCUT2D eigenvalue weighted by Gasteiger charge is -2.20. The van der Waals surface area contributed by atoms with Crippen molar-refractivity contribution in [3.8, 4) is 0 Å². The standard InChI is InChI=1S/C20H12FNO4S/c21-14-11-9-13(10-12-14)20(23)26-22-19-15-5-1-3-7-17(15)27(24,25)18-8-4-2-6-16(18)19/h1-12H. The van der Waals surface area contributed by atoms with Gasteiger partial charge in [0.1, 0.15) is 11.5 Å². The van der Waals surface area contributed by atoms with Gasteiger partial charge in [0.25, 0.3) is 0 Å². The fourth-order valence-corrected chi connectivity index (χ4v) is 4.54. The van der Waals surface area contributed by atoms with E-state index in [1.54, 1.807) is 36.4 Å². The number of benzene rings is 3. The molecular weight excluding hydrogens is 369 g/mol. The van der Waals surface area contributed by atoms with Crippen LogP contribution in [-0.2, 0) is 14.7 Å². The van der Waals surface area contributed by atoms with Gasteiger partial charge in [0, 0.05) is 11.1 Å². The van der Waals surface area contributed by atoms with Crippen molar-refractivity contribution in [1.29, 1.82) is 0 Å². The molecule has 0 radical (unpaired) electrons. The molecule has 0 saturated heterocycles. The lowest BCUT2D eigenvalue weighted by molar-refractivity contribution is 0.0517. The van der Waals surface area contributed by atoms with Crippen molar-refractivity contribution in [3.63, 3.8) is 0 Å². The van der Waals surface area contributed by atoms with Crippen LogP contribution in [0, 0.1) is 5.82 Å². The number of nitrogens with zero attached hydrogens (tertiary/aromatic N) is 1. The van der Waals surface area contributed by atoms with E-state index in [9.17, 15) is 17.6 Å². The van der Waals surface area contributed by atoms with Gasteiger partial charge in [-0.25, -0.2) is 17.6 Å². The molecule has 134 valence electrons. The zero-order valence-corrected chi connectivity index (χ0v) is 14.6. The topological polar surface area (TPSA) is 72.8 Å². The highest BCUT2D eigenvalue weighted by atomic mass is 32.2. The van der Waals surface area contributed by atoms with Crippen LogP contribution in [0.5, 0.6) is 0 Å². The first-order valence-corrected chi connectivity index (χ1v) is 9.45. The fraction of sp³-hybridized carbons (Fsp3) is 0. The van der Waals surface area contributed by atoms with Crippen LogP contribution in [0.25, 0.3) is 0 Å². The summed E-state index contributed by atoms with van der Waals surface area (Å²) >= 11 is 0. The SMILES string of the molecule is O=C(ON=C1c2ccccc2S(=O)(=O)c2ccccc21)c1ccc(F)cc1. The van der Waals surface area contributed by atoms with Crippen LogP contribution in [0.4, 0.5) is 4.39 Å². The molecule has 1 aliphatic heterocycles. The predicted octanol–water partition coefficient (Wildman–Crippen LogP) is 3.58. The first-order valence-electron chi connectivity index (χ1n) is 7.97. The minimum atomic E-state index is -3.69. The minimum absolute atomic E-state index is 0.0975. The van der Waals surface area contributed by atoms with Gasteiger partial charge >= 0.3 is 5.97 Å². The van der Waals surface area contributed by atoms with E-state index in [-0.39, 0.29) is 21.1 Å². The molecule has 27 heavy (non-hydrogen) atoms. The molecule has 0 atom stereocenters. The molecule has 0 saturated carbocycles. The Hall–Kier alpha value is -3.32. The maximum Gasteiger partial charge on any atom is 0.365 e. The summed E-state index contributed by atoms with van der Waals surface area (Å²) in [5.74, 6) is -1.25. The largest absolute Gasteiger partial charge is 0.365 e. The number of halogens is 1. The molecule has 1 aliphatic rings. The third kappa shape index (κ3) is 2.92. The third-order valence-corrected chi connectivity index (χ3v) is 6.03. The maximum absolute atomic E-state index is 13.0. The predicted molar refractivity (Wildman–Crippen MR) is 95.8 cm³/mol. The molecule has 3 aromatic carbocycles. The summed E-state index contributed by atoms with van der Waals surface area (Å²) in [6, 6.07) is 17.6. The first kappa shape index (κ1) is 17.1. The summed E-state index contributed by atoms with van der Waals surface area (Å²) in [7, 11) is -3.69. The molecule has 0 amide bonds. The molecule has 7 heteroatoms. The van der Waals surface area contributed by atoms with Crippen molar-refractivity contribution in [2.45, 2.75) is 9.79 Å². The normalized spacial score (nSPS) is 14.0. The Bertz CT molecular complexity index is 1130. The Morgan fingerprint density at radius 1 is 0.815 bits per heavy atom. The molecule has 0 fully saturated rings. The van der Waals surface area contributed by atoms with Crippen molar-refractivity contribution in [3.05, 3.63) is 95.3 Å². The number of sulfone groups is 1. The van der Waals surface area contributed by atoms with Gasteiger partial charge in [0.05, 0.1) is 15.4 Å². The molecular formula is C20H12FNO4S. The molecule has 0 aliphatic carbocycles. The summed E-state index contributed by atoms with van der Waals surface area (Å²) in [4.78, 5) is 17.4. The Morgan fingerprint density at radius 2 is 1.33 bits per heavy atom. The van der Waals surface area contributed by atoms with Crippen molar-refractivity contribution in [2.24, 2.45) is 5.16 Å². The fourth-order valence-electron chi connectivity index (χ4n) is 2.88. The smallest absolute Gasteiger partial charge is 0.312 e. The molecule has 0 aromatic heterocycles. The zero-order chi connectivity index (χ0) is 19.0. The number of carbonyl (C=O) groups is 1. The average molecular weight is 381 g/mol. The molecule has 5 nitrogen and oxygen atoms in total. The van der Waals surface area contributed by atoms with Crippen molar-refractivity contribution >= 4 is 21.5 Å². The van der Waals surface area contributed by atoms with E-state index in [2.05, 4.69) is 5.16 Å². The van der Waals surface area contributed by atoms with E-state index < -0.39 is 21.6 Å². The molecule has 3 aromatic rings. The van der Waals surface area contributed by atoms with Crippen LogP contribution in [0.1, 0.15) is 21.5 Å². The number of rotatable bonds is 2. The highest BCUT2D eigenvalue weighted by Gasteiger charge is 2.33.